The van der Waals surface area contributed by atoms with Crippen LogP contribution < -0.4 is 4.74 Å². The van der Waals surface area contributed by atoms with E-state index >= 15 is 0 Å². The first kappa shape index (κ1) is 10.6. The summed E-state index contributed by atoms with van der Waals surface area (Å²) in [7, 11) is 1.67. The first-order chi connectivity index (χ1) is 7.76. The highest BCUT2D eigenvalue weighted by atomic mass is 16.5. The molecule has 0 fully saturated rings. The maximum atomic E-state index is 8.59. The van der Waals surface area contributed by atoms with E-state index in [9.17, 15) is 0 Å². The molecule has 16 heavy (non-hydrogen) atoms. The summed E-state index contributed by atoms with van der Waals surface area (Å²) in [5.74, 6) is 0.862. The van der Waals surface area contributed by atoms with E-state index in [4.69, 9.17) is 10.00 Å². The number of fused-ring (bicyclic) bond motifs is 1. The molecule has 1 N–H and O–H groups in total. The van der Waals surface area contributed by atoms with E-state index in [2.05, 4.69) is 18.0 Å². The van der Waals surface area contributed by atoms with Gasteiger partial charge in [0.15, 0.2) is 0 Å². The fraction of sp³-hybridized carbons (Fsp3) is 0.308. The van der Waals surface area contributed by atoms with Crippen LogP contribution in [0, 0.1) is 18.3 Å². The molecule has 3 nitrogen and oxygen atoms in total. The van der Waals surface area contributed by atoms with Gasteiger partial charge in [-0.3, -0.25) is 0 Å². The van der Waals surface area contributed by atoms with Crippen LogP contribution in [0.1, 0.15) is 17.7 Å². The van der Waals surface area contributed by atoms with Crippen LogP contribution in [0.15, 0.2) is 18.2 Å². The van der Waals surface area contributed by atoms with Crippen LogP contribution in [0.25, 0.3) is 10.9 Å². The summed E-state index contributed by atoms with van der Waals surface area (Å²) in [6.45, 7) is 2.07. The minimum atomic E-state index is 0.546. The normalized spacial score (nSPS) is 10.3. The maximum Gasteiger partial charge on any atom is 0.119 e. The molecule has 0 aliphatic rings. The topological polar surface area (TPSA) is 48.8 Å². The van der Waals surface area contributed by atoms with Crippen LogP contribution in [0.4, 0.5) is 0 Å². The summed E-state index contributed by atoms with van der Waals surface area (Å²) in [5, 5.41) is 9.77. The Morgan fingerprint density at radius 1 is 1.44 bits per heavy atom. The van der Waals surface area contributed by atoms with E-state index in [1.165, 1.54) is 10.9 Å². The molecular formula is C13H14N2O. The summed E-state index contributed by atoms with van der Waals surface area (Å²) in [5.41, 5.74) is 3.46. The van der Waals surface area contributed by atoms with Crippen molar-refractivity contribution < 1.29 is 4.74 Å². The Morgan fingerprint density at radius 2 is 2.25 bits per heavy atom. The number of nitriles is 1. The Labute approximate surface area is 94.7 Å². The molecule has 2 rings (SSSR count). The van der Waals surface area contributed by atoms with Crippen LogP contribution in [0.2, 0.25) is 0 Å². The highest BCUT2D eigenvalue weighted by molar-refractivity contribution is 5.85. The minimum absolute atomic E-state index is 0.546. The van der Waals surface area contributed by atoms with Crippen molar-refractivity contribution in [2.45, 2.75) is 19.8 Å². The number of methoxy groups -OCH3 is 1. The number of benzene rings is 1. The molecule has 0 bridgehead atoms. The van der Waals surface area contributed by atoms with Gasteiger partial charge in [0.05, 0.1) is 13.2 Å². The Hall–Kier alpha value is -1.95. The van der Waals surface area contributed by atoms with Crippen LogP contribution in [-0.4, -0.2) is 12.1 Å². The van der Waals surface area contributed by atoms with Gasteiger partial charge in [0.2, 0.25) is 0 Å². The summed E-state index contributed by atoms with van der Waals surface area (Å²) in [6.07, 6.45) is 1.32. The summed E-state index contributed by atoms with van der Waals surface area (Å²) in [4.78, 5) is 3.34. The van der Waals surface area contributed by atoms with Gasteiger partial charge in [0.25, 0.3) is 0 Å². The lowest BCUT2D eigenvalue weighted by atomic mass is 10.1. The number of hydrogen-bond acceptors (Lipinski definition) is 2. The second-order valence-corrected chi connectivity index (χ2v) is 3.80. The van der Waals surface area contributed by atoms with Crippen molar-refractivity contribution in [2.75, 3.05) is 7.11 Å². The molecule has 82 valence electrons. The molecule has 1 aromatic heterocycles. The van der Waals surface area contributed by atoms with Gasteiger partial charge in [-0.25, -0.2) is 0 Å². The second kappa shape index (κ2) is 4.28. The molecule has 0 radical (unpaired) electrons. The smallest absolute Gasteiger partial charge is 0.119 e. The van der Waals surface area contributed by atoms with Crippen molar-refractivity contribution >= 4 is 10.9 Å². The lowest BCUT2D eigenvalue weighted by Gasteiger charge is -1.99. The SMILES string of the molecule is COc1ccc2[nH]c(CCC#N)c(C)c2c1. The van der Waals surface area contributed by atoms with E-state index in [-0.39, 0.29) is 0 Å². The molecule has 0 atom stereocenters. The second-order valence-electron chi connectivity index (χ2n) is 3.80. The standard InChI is InChI=1S/C13H14N2O/c1-9-11-8-10(16-2)5-6-13(11)15-12(9)4-3-7-14/h5-6,8,15H,3-4H2,1-2H3. The van der Waals surface area contributed by atoms with Crippen molar-refractivity contribution in [3.05, 3.63) is 29.5 Å². The number of rotatable bonds is 3. The first-order valence-electron chi connectivity index (χ1n) is 5.28. The molecule has 0 aliphatic carbocycles. The highest BCUT2D eigenvalue weighted by Gasteiger charge is 2.07. The number of H-pyrrole nitrogens is 1. The van der Waals surface area contributed by atoms with Gasteiger partial charge in [-0.2, -0.15) is 5.26 Å². The van der Waals surface area contributed by atoms with Gasteiger partial charge in [0, 0.05) is 29.4 Å². The average Bonchev–Trinajstić information content (AvgIpc) is 2.63. The van der Waals surface area contributed by atoms with Crippen LogP contribution in [0.3, 0.4) is 0 Å². The Balaban J connectivity index is 2.47. The molecule has 0 saturated heterocycles. The largest absolute Gasteiger partial charge is 0.497 e. The van der Waals surface area contributed by atoms with E-state index < -0.39 is 0 Å². The van der Waals surface area contributed by atoms with Crippen molar-refractivity contribution in [1.82, 2.24) is 4.98 Å². The molecule has 1 heterocycles. The quantitative estimate of drug-likeness (QED) is 0.853. The van der Waals surface area contributed by atoms with E-state index in [1.54, 1.807) is 7.11 Å². The first-order valence-corrected chi connectivity index (χ1v) is 5.28. The molecule has 0 spiro atoms. The zero-order chi connectivity index (χ0) is 11.5. The van der Waals surface area contributed by atoms with Gasteiger partial charge >= 0.3 is 0 Å². The number of ether oxygens (including phenoxy) is 1. The third kappa shape index (κ3) is 1.74. The highest BCUT2D eigenvalue weighted by Crippen LogP contribution is 2.26. The van der Waals surface area contributed by atoms with E-state index in [0.717, 1.165) is 23.4 Å². The van der Waals surface area contributed by atoms with Gasteiger partial charge in [-0.05, 0) is 30.7 Å². The molecule has 0 saturated carbocycles. The maximum absolute atomic E-state index is 8.59. The van der Waals surface area contributed by atoms with Crippen LogP contribution >= 0.6 is 0 Å². The van der Waals surface area contributed by atoms with Gasteiger partial charge < -0.3 is 9.72 Å². The Bertz CT molecular complexity index is 549. The van der Waals surface area contributed by atoms with Crippen LogP contribution in [-0.2, 0) is 6.42 Å². The fourth-order valence-electron chi connectivity index (χ4n) is 1.92. The average molecular weight is 214 g/mol. The molecule has 3 heteroatoms. The summed E-state index contributed by atoms with van der Waals surface area (Å²) >= 11 is 0. The predicted octanol–water partition coefficient (Wildman–Crippen LogP) is 2.94. The molecule has 2 aromatic rings. The molecule has 0 unspecified atom stereocenters. The third-order valence-electron chi connectivity index (χ3n) is 2.86. The van der Waals surface area contributed by atoms with E-state index in [0.29, 0.717) is 6.42 Å². The van der Waals surface area contributed by atoms with Gasteiger partial charge in [-0.1, -0.05) is 0 Å². The van der Waals surface area contributed by atoms with Gasteiger partial charge in [-0.15, -0.1) is 0 Å². The Morgan fingerprint density at radius 3 is 2.94 bits per heavy atom. The third-order valence-corrected chi connectivity index (χ3v) is 2.86. The predicted molar refractivity (Wildman–Crippen MR) is 63.5 cm³/mol. The van der Waals surface area contributed by atoms with Crippen LogP contribution in [0.5, 0.6) is 5.75 Å². The van der Waals surface area contributed by atoms with Crippen molar-refractivity contribution in [1.29, 1.82) is 5.26 Å². The molecule has 0 aliphatic heterocycles. The minimum Gasteiger partial charge on any atom is -0.497 e. The lowest BCUT2D eigenvalue weighted by molar-refractivity contribution is 0.415. The lowest BCUT2D eigenvalue weighted by Crippen LogP contribution is -1.85. The number of hydrogen-bond donors (Lipinski definition) is 1. The number of aryl methyl sites for hydroxylation is 2. The van der Waals surface area contributed by atoms with Crippen molar-refractivity contribution in [2.24, 2.45) is 0 Å². The number of nitrogens with one attached hydrogen (secondary N) is 1. The fourth-order valence-corrected chi connectivity index (χ4v) is 1.92. The van der Waals surface area contributed by atoms with Crippen molar-refractivity contribution in [3.8, 4) is 11.8 Å². The number of aromatic amines is 1. The Kier molecular flexibility index (Phi) is 2.82. The number of nitrogens with zero attached hydrogens (tertiary/aromatic N) is 1. The van der Waals surface area contributed by atoms with Crippen molar-refractivity contribution in [3.63, 3.8) is 0 Å². The molecule has 0 amide bonds. The molecular weight excluding hydrogens is 200 g/mol. The summed E-state index contributed by atoms with van der Waals surface area (Å²) < 4.78 is 5.20. The summed E-state index contributed by atoms with van der Waals surface area (Å²) in [6, 6.07) is 8.14. The zero-order valence-electron chi connectivity index (χ0n) is 9.50. The number of aromatic nitrogens is 1. The van der Waals surface area contributed by atoms with Gasteiger partial charge in [0.1, 0.15) is 5.75 Å². The zero-order valence-corrected chi connectivity index (χ0v) is 9.50. The monoisotopic (exact) mass is 214 g/mol. The van der Waals surface area contributed by atoms with E-state index in [1.807, 2.05) is 18.2 Å². The molecule has 1 aromatic carbocycles.